The van der Waals surface area contributed by atoms with Crippen molar-refractivity contribution >= 4 is 5.91 Å². The van der Waals surface area contributed by atoms with Crippen molar-refractivity contribution in [2.24, 2.45) is 5.92 Å². The smallest absolute Gasteiger partial charge is 0.222 e. The van der Waals surface area contributed by atoms with Gasteiger partial charge in [0, 0.05) is 12.5 Å². The number of hydrogen-bond acceptors (Lipinski definition) is 1. The van der Waals surface area contributed by atoms with E-state index in [0.717, 1.165) is 12.1 Å². The Morgan fingerprint density at radius 1 is 1.25 bits per heavy atom. The number of halogens is 3. The topological polar surface area (TPSA) is 29.1 Å². The van der Waals surface area contributed by atoms with Gasteiger partial charge in [0.15, 0.2) is 17.5 Å². The molecule has 2 nitrogen and oxygen atoms in total. The van der Waals surface area contributed by atoms with E-state index in [4.69, 9.17) is 0 Å². The molecule has 88 valence electrons. The highest BCUT2D eigenvalue weighted by atomic mass is 19.2. The highest BCUT2D eigenvalue weighted by Crippen LogP contribution is 2.13. The minimum atomic E-state index is -1.50. The van der Waals surface area contributed by atoms with Gasteiger partial charge in [0.2, 0.25) is 5.91 Å². The maximum Gasteiger partial charge on any atom is 0.222 e. The summed E-state index contributed by atoms with van der Waals surface area (Å²) in [5.41, 5.74) is 0.186. The third-order valence-corrected chi connectivity index (χ3v) is 2.03. The van der Waals surface area contributed by atoms with E-state index in [1.54, 1.807) is 13.8 Å². The van der Waals surface area contributed by atoms with Crippen LogP contribution in [0.1, 0.15) is 19.4 Å². The lowest BCUT2D eigenvalue weighted by atomic mass is 10.1. The molecule has 0 saturated carbocycles. The van der Waals surface area contributed by atoms with E-state index in [-0.39, 0.29) is 23.9 Å². The SMILES string of the molecule is CC(C)C(=O)NCc1cc(F)c(F)c(F)c1. The van der Waals surface area contributed by atoms with Gasteiger partial charge in [-0.3, -0.25) is 4.79 Å². The maximum absolute atomic E-state index is 12.8. The van der Waals surface area contributed by atoms with E-state index in [0.29, 0.717) is 0 Å². The van der Waals surface area contributed by atoms with Crippen molar-refractivity contribution in [2.75, 3.05) is 0 Å². The molecule has 1 aromatic rings. The molecule has 0 aliphatic heterocycles. The van der Waals surface area contributed by atoms with Crippen molar-refractivity contribution in [3.05, 3.63) is 35.1 Å². The molecule has 1 rings (SSSR count). The molecule has 0 aliphatic rings. The molecule has 0 fully saturated rings. The number of amides is 1. The van der Waals surface area contributed by atoms with Crippen LogP contribution >= 0.6 is 0 Å². The van der Waals surface area contributed by atoms with Gasteiger partial charge in [-0.15, -0.1) is 0 Å². The Labute approximate surface area is 91.5 Å². The van der Waals surface area contributed by atoms with Crippen LogP contribution in [-0.2, 0) is 11.3 Å². The summed E-state index contributed by atoms with van der Waals surface area (Å²) in [5.74, 6) is -4.46. The first kappa shape index (κ1) is 12.5. The largest absolute Gasteiger partial charge is 0.352 e. The Hall–Kier alpha value is -1.52. The van der Waals surface area contributed by atoms with Crippen molar-refractivity contribution in [2.45, 2.75) is 20.4 Å². The fourth-order valence-electron chi connectivity index (χ4n) is 1.10. The molecule has 0 heterocycles. The number of hydrogen-bond donors (Lipinski definition) is 1. The van der Waals surface area contributed by atoms with Crippen molar-refractivity contribution in [1.29, 1.82) is 0 Å². The number of rotatable bonds is 3. The lowest BCUT2D eigenvalue weighted by molar-refractivity contribution is -0.124. The monoisotopic (exact) mass is 231 g/mol. The van der Waals surface area contributed by atoms with Crippen LogP contribution in [0.2, 0.25) is 0 Å². The van der Waals surface area contributed by atoms with E-state index >= 15 is 0 Å². The zero-order chi connectivity index (χ0) is 12.3. The molecule has 0 bridgehead atoms. The van der Waals surface area contributed by atoms with Crippen molar-refractivity contribution in [1.82, 2.24) is 5.32 Å². The molecule has 1 aromatic carbocycles. The minimum absolute atomic E-state index is 0.0227. The maximum atomic E-state index is 12.8. The number of carbonyl (C=O) groups is 1. The van der Waals surface area contributed by atoms with E-state index in [9.17, 15) is 18.0 Å². The number of nitrogens with one attached hydrogen (secondary N) is 1. The molecule has 0 unspecified atom stereocenters. The normalized spacial score (nSPS) is 10.6. The summed E-state index contributed by atoms with van der Waals surface area (Å²) in [6.07, 6.45) is 0. The molecular weight excluding hydrogens is 219 g/mol. The highest BCUT2D eigenvalue weighted by Gasteiger charge is 2.11. The minimum Gasteiger partial charge on any atom is -0.352 e. The first-order valence-corrected chi connectivity index (χ1v) is 4.83. The van der Waals surface area contributed by atoms with Crippen LogP contribution in [0.5, 0.6) is 0 Å². The second-order valence-corrected chi connectivity index (χ2v) is 3.75. The quantitative estimate of drug-likeness (QED) is 0.795. The lowest BCUT2D eigenvalue weighted by Gasteiger charge is -2.08. The Balaban J connectivity index is 2.72. The average Bonchev–Trinajstić information content (AvgIpc) is 2.22. The number of carbonyl (C=O) groups excluding carboxylic acids is 1. The van der Waals surface area contributed by atoms with Gasteiger partial charge >= 0.3 is 0 Å². The van der Waals surface area contributed by atoms with Gasteiger partial charge in [0.05, 0.1) is 0 Å². The summed E-state index contributed by atoms with van der Waals surface area (Å²) in [4.78, 5) is 11.2. The highest BCUT2D eigenvalue weighted by molar-refractivity contribution is 5.77. The van der Waals surface area contributed by atoms with Crippen molar-refractivity contribution < 1.29 is 18.0 Å². The van der Waals surface area contributed by atoms with Crippen LogP contribution in [0.25, 0.3) is 0 Å². The van der Waals surface area contributed by atoms with Gasteiger partial charge in [0.25, 0.3) is 0 Å². The standard InChI is InChI=1S/C11H12F3NO/c1-6(2)11(16)15-5-7-3-8(12)10(14)9(13)4-7/h3-4,6H,5H2,1-2H3,(H,15,16). The van der Waals surface area contributed by atoms with Crippen LogP contribution in [0.4, 0.5) is 13.2 Å². The zero-order valence-corrected chi connectivity index (χ0v) is 8.98. The van der Waals surface area contributed by atoms with Crippen LogP contribution in [0.15, 0.2) is 12.1 Å². The Morgan fingerprint density at radius 3 is 2.19 bits per heavy atom. The second kappa shape index (κ2) is 5.01. The zero-order valence-electron chi connectivity index (χ0n) is 8.98. The average molecular weight is 231 g/mol. The Kier molecular flexibility index (Phi) is 3.93. The Morgan fingerprint density at radius 2 is 1.75 bits per heavy atom. The van der Waals surface area contributed by atoms with Gasteiger partial charge in [-0.25, -0.2) is 13.2 Å². The predicted octanol–water partition coefficient (Wildman–Crippen LogP) is 2.38. The van der Waals surface area contributed by atoms with E-state index < -0.39 is 17.5 Å². The molecule has 0 radical (unpaired) electrons. The van der Waals surface area contributed by atoms with Gasteiger partial charge in [-0.2, -0.15) is 0 Å². The molecule has 0 saturated heterocycles. The Bertz CT molecular complexity index is 381. The van der Waals surface area contributed by atoms with Gasteiger partial charge in [-0.1, -0.05) is 13.8 Å². The van der Waals surface area contributed by atoms with Crippen molar-refractivity contribution in [3.8, 4) is 0 Å². The van der Waals surface area contributed by atoms with Gasteiger partial charge < -0.3 is 5.32 Å². The predicted molar refractivity (Wildman–Crippen MR) is 53.0 cm³/mol. The molecule has 0 aromatic heterocycles. The van der Waals surface area contributed by atoms with E-state index in [1.807, 2.05) is 0 Å². The molecule has 0 spiro atoms. The van der Waals surface area contributed by atoms with Gasteiger partial charge in [-0.05, 0) is 17.7 Å². The van der Waals surface area contributed by atoms with E-state index in [1.165, 1.54) is 0 Å². The lowest BCUT2D eigenvalue weighted by Crippen LogP contribution is -2.27. The molecule has 1 N–H and O–H groups in total. The first-order valence-electron chi connectivity index (χ1n) is 4.83. The summed E-state index contributed by atoms with van der Waals surface area (Å²) in [7, 11) is 0. The summed E-state index contributed by atoms with van der Waals surface area (Å²) in [6.45, 7) is 3.37. The fraction of sp³-hybridized carbons (Fsp3) is 0.364. The number of benzene rings is 1. The summed E-state index contributed by atoms with van der Waals surface area (Å²) >= 11 is 0. The van der Waals surface area contributed by atoms with Crippen LogP contribution in [0.3, 0.4) is 0 Å². The third-order valence-electron chi connectivity index (χ3n) is 2.03. The molecular formula is C11H12F3NO. The molecule has 0 atom stereocenters. The molecule has 0 aliphatic carbocycles. The van der Waals surface area contributed by atoms with E-state index in [2.05, 4.69) is 5.32 Å². The molecule has 5 heteroatoms. The van der Waals surface area contributed by atoms with Crippen LogP contribution < -0.4 is 5.32 Å². The third kappa shape index (κ3) is 2.98. The van der Waals surface area contributed by atoms with Gasteiger partial charge in [0.1, 0.15) is 0 Å². The fourth-order valence-corrected chi connectivity index (χ4v) is 1.10. The molecule has 1 amide bonds. The summed E-state index contributed by atoms with van der Waals surface area (Å²) in [6, 6.07) is 1.72. The summed E-state index contributed by atoms with van der Waals surface area (Å²) < 4.78 is 38.2. The van der Waals surface area contributed by atoms with Crippen LogP contribution in [0, 0.1) is 23.4 Å². The van der Waals surface area contributed by atoms with Crippen molar-refractivity contribution in [3.63, 3.8) is 0 Å². The molecule has 16 heavy (non-hydrogen) atoms. The first-order chi connectivity index (χ1) is 7.41. The second-order valence-electron chi connectivity index (χ2n) is 3.75. The van der Waals surface area contributed by atoms with Crippen LogP contribution in [-0.4, -0.2) is 5.91 Å². The summed E-state index contributed by atoms with van der Waals surface area (Å²) in [5, 5.41) is 2.48.